The highest BCUT2D eigenvalue weighted by molar-refractivity contribution is 5.88. The number of ether oxygens (including phenoxy) is 1. The number of likely N-dealkylation sites (tertiary alicyclic amines) is 1. The lowest BCUT2D eigenvalue weighted by atomic mass is 9.98. The number of rotatable bonds is 5. The Morgan fingerprint density at radius 2 is 1.67 bits per heavy atom. The fraction of sp³-hybridized carbons (Fsp3) is 0.348. The molecule has 0 aromatic heterocycles. The van der Waals surface area contributed by atoms with Crippen molar-refractivity contribution in [3.63, 3.8) is 0 Å². The first-order valence-corrected chi connectivity index (χ1v) is 10.2. The van der Waals surface area contributed by atoms with Crippen LogP contribution in [0.25, 0.3) is 11.1 Å². The summed E-state index contributed by atoms with van der Waals surface area (Å²) in [4.78, 5) is 37.3. The quantitative estimate of drug-likeness (QED) is 0.793. The number of carboxylic acids is 1. The Kier molecular flexibility index (Phi) is 5.70. The number of nitrogens with one attached hydrogen (secondary N) is 1. The van der Waals surface area contributed by atoms with Crippen LogP contribution in [-0.2, 0) is 14.3 Å². The van der Waals surface area contributed by atoms with Crippen LogP contribution in [0.2, 0.25) is 0 Å². The zero-order valence-corrected chi connectivity index (χ0v) is 16.5. The maximum Gasteiger partial charge on any atom is 0.407 e. The van der Waals surface area contributed by atoms with E-state index in [-0.39, 0.29) is 25.0 Å². The van der Waals surface area contributed by atoms with E-state index < -0.39 is 18.1 Å². The number of carboxylic acid groups (broad SMARTS) is 1. The van der Waals surface area contributed by atoms with Crippen LogP contribution in [0.5, 0.6) is 0 Å². The molecule has 7 heteroatoms. The Hall–Kier alpha value is -3.35. The zero-order valence-electron chi connectivity index (χ0n) is 16.5. The number of hydrogen-bond donors (Lipinski definition) is 2. The summed E-state index contributed by atoms with van der Waals surface area (Å²) >= 11 is 0. The standard InChI is InChI=1S/C23H24N2O5/c26-21(27)13-25-12-6-5-11-20(22(25)28)24-23(29)30-14-19-17-9-3-1-7-15(17)16-8-2-4-10-18(16)19/h1-4,7-10,19-20H,5-6,11-14H2,(H,24,29)(H,26,27)/t20-/m0/s1. The molecule has 30 heavy (non-hydrogen) atoms. The van der Waals surface area contributed by atoms with Crippen molar-refractivity contribution in [1.29, 1.82) is 0 Å². The van der Waals surface area contributed by atoms with Gasteiger partial charge in [0.05, 0.1) is 0 Å². The number of amides is 2. The highest BCUT2D eigenvalue weighted by atomic mass is 16.5. The van der Waals surface area contributed by atoms with E-state index in [2.05, 4.69) is 17.4 Å². The lowest BCUT2D eigenvalue weighted by molar-refractivity contribution is -0.144. The van der Waals surface area contributed by atoms with Gasteiger partial charge in [-0.15, -0.1) is 0 Å². The average molecular weight is 408 g/mol. The largest absolute Gasteiger partial charge is 0.480 e. The third-order valence-electron chi connectivity index (χ3n) is 5.74. The fourth-order valence-electron chi connectivity index (χ4n) is 4.34. The molecule has 1 fully saturated rings. The van der Waals surface area contributed by atoms with E-state index in [9.17, 15) is 14.4 Å². The molecular formula is C23H24N2O5. The Morgan fingerprint density at radius 3 is 2.30 bits per heavy atom. The molecule has 4 rings (SSSR count). The molecule has 0 unspecified atom stereocenters. The van der Waals surface area contributed by atoms with E-state index in [1.54, 1.807) is 0 Å². The number of aliphatic carboxylic acids is 1. The summed E-state index contributed by atoms with van der Waals surface area (Å²) in [7, 11) is 0. The number of carbonyl (C=O) groups is 3. The summed E-state index contributed by atoms with van der Waals surface area (Å²) in [6.45, 7) is 0.190. The molecule has 2 aliphatic rings. The Bertz CT molecular complexity index is 928. The molecule has 2 aromatic rings. The molecule has 0 saturated carbocycles. The van der Waals surface area contributed by atoms with Gasteiger partial charge in [-0.3, -0.25) is 9.59 Å². The Labute approximate surface area is 174 Å². The smallest absolute Gasteiger partial charge is 0.407 e. The van der Waals surface area contributed by atoms with Crippen LogP contribution in [0.3, 0.4) is 0 Å². The maximum absolute atomic E-state index is 12.6. The van der Waals surface area contributed by atoms with Gasteiger partial charge in [-0.2, -0.15) is 0 Å². The molecule has 0 spiro atoms. The summed E-state index contributed by atoms with van der Waals surface area (Å²) in [5.41, 5.74) is 4.52. The van der Waals surface area contributed by atoms with Gasteiger partial charge in [-0.1, -0.05) is 48.5 Å². The minimum absolute atomic E-state index is 0.0588. The highest BCUT2D eigenvalue weighted by Crippen LogP contribution is 2.44. The molecule has 0 bridgehead atoms. The van der Waals surface area contributed by atoms with E-state index in [4.69, 9.17) is 9.84 Å². The lowest BCUT2D eigenvalue weighted by Crippen LogP contribution is -2.49. The first-order valence-electron chi connectivity index (χ1n) is 10.2. The van der Waals surface area contributed by atoms with Gasteiger partial charge >= 0.3 is 12.1 Å². The zero-order chi connectivity index (χ0) is 21.1. The van der Waals surface area contributed by atoms with Gasteiger partial charge in [0.1, 0.15) is 19.2 Å². The Morgan fingerprint density at radius 1 is 1.03 bits per heavy atom. The van der Waals surface area contributed by atoms with Crippen LogP contribution in [-0.4, -0.2) is 53.7 Å². The van der Waals surface area contributed by atoms with Crippen molar-refractivity contribution < 1.29 is 24.2 Å². The topological polar surface area (TPSA) is 95.9 Å². The minimum atomic E-state index is -1.06. The van der Waals surface area contributed by atoms with E-state index in [1.807, 2.05) is 36.4 Å². The summed E-state index contributed by atoms with van der Waals surface area (Å²) in [6.07, 6.45) is 1.25. The summed E-state index contributed by atoms with van der Waals surface area (Å²) < 4.78 is 5.51. The molecule has 7 nitrogen and oxygen atoms in total. The van der Waals surface area contributed by atoms with E-state index in [1.165, 1.54) is 4.90 Å². The fourth-order valence-corrected chi connectivity index (χ4v) is 4.34. The first kappa shape index (κ1) is 19.9. The molecule has 2 amide bonds. The second-order valence-electron chi connectivity index (χ2n) is 7.67. The third-order valence-corrected chi connectivity index (χ3v) is 5.74. The van der Waals surface area contributed by atoms with Gasteiger partial charge in [0.15, 0.2) is 0 Å². The van der Waals surface area contributed by atoms with E-state index >= 15 is 0 Å². The SMILES string of the molecule is O=C(O)CN1CCCC[C@H](NC(=O)OCC2c3ccccc3-c3ccccc32)C1=O. The molecule has 1 atom stereocenters. The van der Waals surface area contributed by atoms with Crippen LogP contribution in [0.4, 0.5) is 4.79 Å². The van der Waals surface area contributed by atoms with Crippen molar-refractivity contribution in [1.82, 2.24) is 10.2 Å². The number of benzene rings is 2. The average Bonchev–Trinajstić information content (AvgIpc) is 2.96. The van der Waals surface area contributed by atoms with Gasteiger partial charge in [-0.05, 0) is 41.5 Å². The van der Waals surface area contributed by atoms with Crippen molar-refractivity contribution in [3.8, 4) is 11.1 Å². The number of hydrogen-bond acceptors (Lipinski definition) is 4. The molecule has 0 radical (unpaired) electrons. The monoisotopic (exact) mass is 408 g/mol. The lowest BCUT2D eigenvalue weighted by Gasteiger charge is -2.23. The molecule has 1 heterocycles. The van der Waals surface area contributed by atoms with E-state index in [0.717, 1.165) is 28.7 Å². The Balaban J connectivity index is 1.41. The van der Waals surface area contributed by atoms with Crippen molar-refractivity contribution >= 4 is 18.0 Å². The van der Waals surface area contributed by atoms with Gasteiger partial charge in [0.25, 0.3) is 0 Å². The van der Waals surface area contributed by atoms with E-state index in [0.29, 0.717) is 19.4 Å². The minimum Gasteiger partial charge on any atom is -0.480 e. The van der Waals surface area contributed by atoms with Crippen LogP contribution < -0.4 is 5.32 Å². The van der Waals surface area contributed by atoms with Crippen molar-refractivity contribution in [2.75, 3.05) is 19.7 Å². The number of carbonyl (C=O) groups excluding carboxylic acids is 2. The molecule has 1 aliphatic heterocycles. The van der Waals surface area contributed by atoms with Crippen molar-refractivity contribution in [3.05, 3.63) is 59.7 Å². The van der Waals surface area contributed by atoms with Crippen LogP contribution >= 0.6 is 0 Å². The van der Waals surface area contributed by atoms with Gasteiger partial charge in [-0.25, -0.2) is 4.79 Å². The third kappa shape index (κ3) is 4.01. The number of fused-ring (bicyclic) bond motifs is 3. The number of nitrogens with zero attached hydrogens (tertiary/aromatic N) is 1. The molecular weight excluding hydrogens is 384 g/mol. The predicted molar refractivity (Wildman–Crippen MR) is 110 cm³/mol. The molecule has 1 saturated heterocycles. The number of alkyl carbamates (subject to hydrolysis) is 1. The van der Waals surface area contributed by atoms with Gasteiger partial charge in [0, 0.05) is 12.5 Å². The molecule has 2 N–H and O–H groups in total. The van der Waals surface area contributed by atoms with Gasteiger partial charge in [0.2, 0.25) is 5.91 Å². The molecule has 156 valence electrons. The maximum atomic E-state index is 12.6. The molecule has 1 aliphatic carbocycles. The second kappa shape index (κ2) is 8.57. The van der Waals surface area contributed by atoms with Crippen LogP contribution in [0.15, 0.2) is 48.5 Å². The predicted octanol–water partition coefficient (Wildman–Crippen LogP) is 2.99. The second-order valence-corrected chi connectivity index (χ2v) is 7.67. The normalized spacial score (nSPS) is 18.3. The van der Waals surface area contributed by atoms with Crippen LogP contribution in [0.1, 0.15) is 36.3 Å². The van der Waals surface area contributed by atoms with Gasteiger partial charge < -0.3 is 20.1 Å². The highest BCUT2D eigenvalue weighted by Gasteiger charge is 2.32. The summed E-state index contributed by atoms with van der Waals surface area (Å²) in [5.74, 6) is -1.50. The van der Waals surface area contributed by atoms with Crippen molar-refractivity contribution in [2.24, 2.45) is 0 Å². The summed E-state index contributed by atoms with van der Waals surface area (Å²) in [5, 5.41) is 11.6. The molecule has 2 aromatic carbocycles. The summed E-state index contributed by atoms with van der Waals surface area (Å²) in [6, 6.07) is 15.4. The van der Waals surface area contributed by atoms with Crippen LogP contribution in [0, 0.1) is 0 Å². The first-order chi connectivity index (χ1) is 14.5. The van der Waals surface area contributed by atoms with Crippen molar-refractivity contribution in [2.45, 2.75) is 31.2 Å².